The number of aryl methyl sites for hydroxylation is 1. The average Bonchev–Trinajstić information content (AvgIpc) is 3.01. The highest BCUT2D eigenvalue weighted by Gasteiger charge is 2.29. The Morgan fingerprint density at radius 1 is 1.38 bits per heavy atom. The Hall–Kier alpha value is -2.30. The fraction of sp³-hybridized carbons (Fsp3) is 0.375. The monoisotopic (exact) mass is 285 g/mol. The molecule has 2 aromatic rings. The lowest BCUT2D eigenvalue weighted by atomic mass is 9.98. The second kappa shape index (κ2) is 5.60. The molecule has 0 saturated heterocycles. The Labute approximate surface area is 123 Å². The van der Waals surface area contributed by atoms with E-state index in [1.54, 1.807) is 6.20 Å². The maximum absolute atomic E-state index is 11.0. The normalized spacial score (nSPS) is 17.0. The van der Waals surface area contributed by atoms with Crippen LogP contribution in [0.4, 0.5) is 5.69 Å². The number of fused-ring (bicyclic) bond motifs is 1. The van der Waals surface area contributed by atoms with E-state index < -0.39 is 5.97 Å². The molecule has 0 bridgehead atoms. The Morgan fingerprint density at radius 2 is 2.19 bits per heavy atom. The third-order valence-corrected chi connectivity index (χ3v) is 4.14. The molecule has 5 heteroatoms. The molecule has 3 rings (SSSR count). The van der Waals surface area contributed by atoms with Crippen LogP contribution in [-0.2, 0) is 18.3 Å². The van der Waals surface area contributed by atoms with E-state index in [-0.39, 0.29) is 12.3 Å². The minimum Gasteiger partial charge on any atom is -0.481 e. The first-order chi connectivity index (χ1) is 10.1. The van der Waals surface area contributed by atoms with E-state index in [4.69, 9.17) is 5.11 Å². The molecule has 1 unspecified atom stereocenters. The lowest BCUT2D eigenvalue weighted by Gasteiger charge is -2.19. The molecule has 1 aromatic carbocycles. The van der Waals surface area contributed by atoms with E-state index >= 15 is 0 Å². The zero-order chi connectivity index (χ0) is 14.8. The van der Waals surface area contributed by atoms with Crippen molar-refractivity contribution in [2.45, 2.75) is 18.8 Å². The molecule has 21 heavy (non-hydrogen) atoms. The maximum atomic E-state index is 11.0. The molecule has 1 atom stereocenters. The lowest BCUT2D eigenvalue weighted by molar-refractivity contribution is -0.137. The first-order valence-electron chi connectivity index (χ1n) is 7.17. The first kappa shape index (κ1) is 13.7. The lowest BCUT2D eigenvalue weighted by Crippen LogP contribution is -2.25. The predicted octanol–water partition coefficient (Wildman–Crippen LogP) is 2.04. The van der Waals surface area contributed by atoms with E-state index in [1.165, 1.54) is 11.4 Å². The average molecular weight is 285 g/mol. The number of hydrogen-bond donors (Lipinski definition) is 1. The van der Waals surface area contributed by atoms with Crippen molar-refractivity contribution in [3.63, 3.8) is 0 Å². The number of aromatic nitrogens is 2. The summed E-state index contributed by atoms with van der Waals surface area (Å²) in [5.74, 6) is -0.645. The zero-order valence-corrected chi connectivity index (χ0v) is 12.1. The van der Waals surface area contributed by atoms with Gasteiger partial charge >= 0.3 is 5.97 Å². The molecule has 1 N–H and O–H groups in total. The highest BCUT2D eigenvalue weighted by Crippen LogP contribution is 2.37. The molecule has 110 valence electrons. The van der Waals surface area contributed by atoms with Crippen molar-refractivity contribution in [3.8, 4) is 0 Å². The molecule has 1 aliphatic heterocycles. The molecule has 0 radical (unpaired) electrons. The molecule has 0 spiro atoms. The molecular formula is C16H19N3O2. The molecule has 5 nitrogen and oxygen atoms in total. The minimum atomic E-state index is -0.733. The van der Waals surface area contributed by atoms with E-state index in [0.29, 0.717) is 0 Å². The number of carboxylic acid groups (broad SMARTS) is 1. The smallest absolute Gasteiger partial charge is 0.304 e. The fourth-order valence-corrected chi connectivity index (χ4v) is 3.08. The van der Waals surface area contributed by atoms with Crippen LogP contribution in [0.1, 0.15) is 23.6 Å². The molecule has 1 aromatic heterocycles. The van der Waals surface area contributed by atoms with Crippen LogP contribution in [0.2, 0.25) is 0 Å². The number of para-hydroxylation sites is 1. The number of carboxylic acids is 1. The molecular weight excluding hydrogens is 266 g/mol. The highest BCUT2D eigenvalue weighted by molar-refractivity contribution is 5.71. The molecule has 0 saturated carbocycles. The predicted molar refractivity (Wildman–Crippen MR) is 80.6 cm³/mol. The van der Waals surface area contributed by atoms with Gasteiger partial charge in [-0.2, -0.15) is 5.10 Å². The van der Waals surface area contributed by atoms with Gasteiger partial charge in [0.05, 0.1) is 6.42 Å². The van der Waals surface area contributed by atoms with Crippen LogP contribution in [0.25, 0.3) is 0 Å². The molecule has 1 aliphatic rings. The largest absolute Gasteiger partial charge is 0.481 e. The quantitative estimate of drug-likeness (QED) is 0.913. The van der Waals surface area contributed by atoms with Gasteiger partial charge in [-0.05, 0) is 17.7 Å². The maximum Gasteiger partial charge on any atom is 0.304 e. The van der Waals surface area contributed by atoms with Gasteiger partial charge in [-0.25, -0.2) is 0 Å². The Bertz CT molecular complexity index is 650. The number of benzene rings is 1. The topological polar surface area (TPSA) is 58.4 Å². The number of nitrogens with zero attached hydrogens (tertiary/aromatic N) is 3. The standard InChI is InChI=1S/C16H19N3O2/c1-18-13(6-8-17-18)7-9-19-11-12(10-16(20)21)14-4-2-3-5-15(14)19/h2-6,8,12H,7,9-11H2,1H3,(H,20,21). The van der Waals surface area contributed by atoms with Gasteiger partial charge in [-0.3, -0.25) is 9.48 Å². The Morgan fingerprint density at radius 3 is 2.90 bits per heavy atom. The summed E-state index contributed by atoms with van der Waals surface area (Å²) < 4.78 is 1.89. The number of rotatable bonds is 5. The van der Waals surface area contributed by atoms with Crippen molar-refractivity contribution in [1.29, 1.82) is 0 Å². The summed E-state index contributed by atoms with van der Waals surface area (Å²) >= 11 is 0. The van der Waals surface area contributed by atoms with Crippen LogP contribution in [0.15, 0.2) is 36.5 Å². The SMILES string of the molecule is Cn1nccc1CCN1CC(CC(=O)O)c2ccccc21. The third-order valence-electron chi connectivity index (χ3n) is 4.14. The zero-order valence-electron chi connectivity index (χ0n) is 12.1. The first-order valence-corrected chi connectivity index (χ1v) is 7.17. The summed E-state index contributed by atoms with van der Waals surface area (Å²) in [4.78, 5) is 13.3. The minimum absolute atomic E-state index is 0.0882. The van der Waals surface area contributed by atoms with Crippen LogP contribution >= 0.6 is 0 Å². The van der Waals surface area contributed by atoms with Crippen LogP contribution in [0.5, 0.6) is 0 Å². The summed E-state index contributed by atoms with van der Waals surface area (Å²) in [6.07, 6.45) is 2.91. The number of anilines is 1. The van der Waals surface area contributed by atoms with Crippen LogP contribution < -0.4 is 4.90 Å². The van der Waals surface area contributed by atoms with Gasteiger partial charge in [0, 0.05) is 50.1 Å². The van der Waals surface area contributed by atoms with Gasteiger partial charge in [0.25, 0.3) is 0 Å². The van der Waals surface area contributed by atoms with Crippen molar-refractivity contribution < 1.29 is 9.90 Å². The van der Waals surface area contributed by atoms with Gasteiger partial charge < -0.3 is 10.0 Å². The van der Waals surface area contributed by atoms with Crippen molar-refractivity contribution in [3.05, 3.63) is 47.8 Å². The van der Waals surface area contributed by atoms with E-state index in [9.17, 15) is 4.79 Å². The Kier molecular flexibility index (Phi) is 3.64. The number of hydrogen-bond acceptors (Lipinski definition) is 3. The second-order valence-corrected chi connectivity index (χ2v) is 5.50. The summed E-state index contributed by atoms with van der Waals surface area (Å²) in [5.41, 5.74) is 3.52. The van der Waals surface area contributed by atoms with E-state index in [2.05, 4.69) is 16.1 Å². The van der Waals surface area contributed by atoms with Crippen molar-refractivity contribution >= 4 is 11.7 Å². The molecule has 2 heterocycles. The summed E-state index contributed by atoms with van der Waals surface area (Å²) in [7, 11) is 1.94. The summed E-state index contributed by atoms with van der Waals surface area (Å²) in [5, 5.41) is 13.3. The van der Waals surface area contributed by atoms with Gasteiger partial charge in [0.1, 0.15) is 0 Å². The van der Waals surface area contributed by atoms with Gasteiger partial charge in [-0.1, -0.05) is 18.2 Å². The molecule has 0 aliphatic carbocycles. The van der Waals surface area contributed by atoms with Crippen LogP contribution in [0, 0.1) is 0 Å². The summed E-state index contributed by atoms with van der Waals surface area (Å²) in [6.45, 7) is 1.66. The third kappa shape index (κ3) is 2.77. The van der Waals surface area contributed by atoms with Crippen LogP contribution in [0.3, 0.4) is 0 Å². The molecule has 0 fully saturated rings. The van der Waals surface area contributed by atoms with Crippen molar-refractivity contribution in [1.82, 2.24) is 9.78 Å². The summed E-state index contributed by atoms with van der Waals surface area (Å²) in [6, 6.07) is 10.2. The van der Waals surface area contributed by atoms with Crippen molar-refractivity contribution in [2.24, 2.45) is 7.05 Å². The van der Waals surface area contributed by atoms with E-state index in [1.807, 2.05) is 36.0 Å². The van der Waals surface area contributed by atoms with Gasteiger partial charge in [0.2, 0.25) is 0 Å². The highest BCUT2D eigenvalue weighted by atomic mass is 16.4. The van der Waals surface area contributed by atoms with Gasteiger partial charge in [-0.15, -0.1) is 0 Å². The fourth-order valence-electron chi connectivity index (χ4n) is 3.08. The van der Waals surface area contributed by atoms with Gasteiger partial charge in [0.15, 0.2) is 0 Å². The second-order valence-electron chi connectivity index (χ2n) is 5.50. The Balaban J connectivity index is 1.75. The number of carbonyl (C=O) groups is 1. The van der Waals surface area contributed by atoms with E-state index in [0.717, 1.165) is 25.1 Å². The van der Waals surface area contributed by atoms with Crippen LogP contribution in [-0.4, -0.2) is 33.9 Å². The van der Waals surface area contributed by atoms with Crippen molar-refractivity contribution in [2.75, 3.05) is 18.0 Å². The number of aliphatic carboxylic acids is 1. The molecule has 0 amide bonds.